The molecule has 0 spiro atoms. The molecule has 1 aromatic rings. The number of nitrogens with zero attached hydrogens (tertiary/aromatic N) is 1. The molecule has 0 amide bonds. The zero-order valence-corrected chi connectivity index (χ0v) is 9.64. The van der Waals surface area contributed by atoms with Crippen molar-refractivity contribution in [3.63, 3.8) is 0 Å². The first-order valence-corrected chi connectivity index (χ1v) is 5.80. The molecule has 0 aliphatic carbocycles. The molecule has 1 saturated heterocycles. The van der Waals surface area contributed by atoms with Gasteiger partial charge >= 0.3 is 5.97 Å². The van der Waals surface area contributed by atoms with E-state index in [-0.39, 0.29) is 11.8 Å². The molecule has 2 heterocycles. The average molecular weight is 277 g/mol. The first kappa shape index (κ1) is 10.1. The van der Waals surface area contributed by atoms with Gasteiger partial charge in [0.05, 0.1) is 16.6 Å². The number of nitrogens with one attached hydrogen (secondary N) is 1. The topological polar surface area (TPSA) is 62.2 Å². The molecule has 4 nitrogen and oxygen atoms in total. The van der Waals surface area contributed by atoms with Gasteiger partial charge in [-0.2, -0.15) is 4.37 Å². The van der Waals surface area contributed by atoms with Crippen LogP contribution in [0.2, 0.25) is 0 Å². The molecule has 1 aliphatic rings. The van der Waals surface area contributed by atoms with E-state index in [4.69, 9.17) is 5.11 Å². The third-order valence-electron chi connectivity index (χ3n) is 2.42. The second kappa shape index (κ2) is 3.96. The van der Waals surface area contributed by atoms with Gasteiger partial charge in [-0.25, -0.2) is 0 Å². The van der Waals surface area contributed by atoms with Crippen molar-refractivity contribution >= 4 is 33.4 Å². The summed E-state index contributed by atoms with van der Waals surface area (Å²) < 4.78 is 4.95. The van der Waals surface area contributed by atoms with Crippen molar-refractivity contribution in [1.29, 1.82) is 0 Å². The minimum Gasteiger partial charge on any atom is -0.481 e. The Morgan fingerprint density at radius 1 is 1.71 bits per heavy atom. The van der Waals surface area contributed by atoms with Gasteiger partial charge in [-0.05, 0) is 27.5 Å². The van der Waals surface area contributed by atoms with Gasteiger partial charge in [0, 0.05) is 23.9 Å². The Hall–Kier alpha value is -0.460. The zero-order valence-electron chi connectivity index (χ0n) is 7.24. The van der Waals surface area contributed by atoms with E-state index in [0.717, 1.165) is 15.9 Å². The molecule has 2 N–H and O–H groups in total. The summed E-state index contributed by atoms with van der Waals surface area (Å²) in [5.74, 6) is -1.01. The van der Waals surface area contributed by atoms with E-state index in [9.17, 15) is 4.79 Å². The third kappa shape index (κ3) is 1.69. The van der Waals surface area contributed by atoms with Gasteiger partial charge < -0.3 is 10.4 Å². The van der Waals surface area contributed by atoms with Crippen molar-refractivity contribution in [1.82, 2.24) is 9.69 Å². The van der Waals surface area contributed by atoms with E-state index in [2.05, 4.69) is 25.6 Å². The molecule has 1 aromatic heterocycles. The Morgan fingerprint density at radius 2 is 2.50 bits per heavy atom. The van der Waals surface area contributed by atoms with Crippen molar-refractivity contribution in [2.45, 2.75) is 5.92 Å². The van der Waals surface area contributed by atoms with Crippen LogP contribution in [0.3, 0.4) is 0 Å². The molecular weight excluding hydrogens is 268 g/mol. The van der Waals surface area contributed by atoms with E-state index in [0.29, 0.717) is 6.54 Å². The SMILES string of the molecule is O=C(O)C1CNCC1c1sncc1Br. The maximum Gasteiger partial charge on any atom is 0.308 e. The van der Waals surface area contributed by atoms with Crippen LogP contribution in [0.15, 0.2) is 10.7 Å². The molecule has 0 aromatic carbocycles. The molecule has 0 saturated carbocycles. The summed E-state index contributed by atoms with van der Waals surface area (Å²) in [4.78, 5) is 12.0. The predicted molar refractivity (Wildman–Crippen MR) is 56.6 cm³/mol. The molecular formula is C8H9BrN2O2S. The minimum atomic E-state index is -0.736. The first-order valence-electron chi connectivity index (χ1n) is 4.23. The van der Waals surface area contributed by atoms with Gasteiger partial charge in [0.25, 0.3) is 0 Å². The maximum absolute atomic E-state index is 10.9. The molecule has 14 heavy (non-hydrogen) atoms. The summed E-state index contributed by atoms with van der Waals surface area (Å²) in [6, 6.07) is 0. The van der Waals surface area contributed by atoms with E-state index in [1.165, 1.54) is 11.5 Å². The van der Waals surface area contributed by atoms with Gasteiger partial charge in [0.2, 0.25) is 0 Å². The molecule has 76 valence electrons. The van der Waals surface area contributed by atoms with E-state index >= 15 is 0 Å². The highest BCUT2D eigenvalue weighted by atomic mass is 79.9. The Balaban J connectivity index is 2.26. The van der Waals surface area contributed by atoms with Crippen LogP contribution in [0, 0.1) is 5.92 Å². The Bertz CT molecular complexity index is 355. The minimum absolute atomic E-state index is 0.0503. The second-order valence-corrected chi connectivity index (χ2v) is 4.94. The highest BCUT2D eigenvalue weighted by Gasteiger charge is 2.35. The number of carbonyl (C=O) groups is 1. The third-order valence-corrected chi connectivity index (χ3v) is 4.25. The lowest BCUT2D eigenvalue weighted by Crippen LogP contribution is -2.20. The standard InChI is InChI=1S/C8H9BrN2O2S/c9-6-3-11-14-7(6)4-1-10-2-5(4)8(12)13/h3-5,10H,1-2H2,(H,12,13). The highest BCUT2D eigenvalue weighted by Crippen LogP contribution is 2.35. The summed E-state index contributed by atoms with van der Waals surface area (Å²) >= 11 is 4.75. The predicted octanol–water partition coefficient (Wildman–Crippen LogP) is 1.29. The summed E-state index contributed by atoms with van der Waals surface area (Å²) in [7, 11) is 0. The van der Waals surface area contributed by atoms with Crippen molar-refractivity contribution in [3.05, 3.63) is 15.5 Å². The molecule has 6 heteroatoms. The number of aliphatic carboxylic acids is 1. The number of hydrogen-bond acceptors (Lipinski definition) is 4. The second-order valence-electron chi connectivity index (χ2n) is 3.25. The highest BCUT2D eigenvalue weighted by molar-refractivity contribution is 9.10. The molecule has 0 bridgehead atoms. The number of carboxylic acids is 1. The van der Waals surface area contributed by atoms with Gasteiger partial charge in [0.1, 0.15) is 0 Å². The van der Waals surface area contributed by atoms with Crippen LogP contribution >= 0.6 is 27.5 Å². The Morgan fingerprint density at radius 3 is 3.07 bits per heavy atom. The van der Waals surface area contributed by atoms with Crippen LogP contribution in [0.4, 0.5) is 0 Å². The van der Waals surface area contributed by atoms with Gasteiger partial charge in [-0.3, -0.25) is 4.79 Å². The van der Waals surface area contributed by atoms with Gasteiger partial charge in [0.15, 0.2) is 0 Å². The van der Waals surface area contributed by atoms with Crippen LogP contribution in [-0.2, 0) is 4.79 Å². The fourth-order valence-electron chi connectivity index (χ4n) is 1.70. The van der Waals surface area contributed by atoms with Crippen molar-refractivity contribution in [2.75, 3.05) is 13.1 Å². The van der Waals surface area contributed by atoms with E-state index in [1.807, 2.05) is 0 Å². The van der Waals surface area contributed by atoms with Crippen molar-refractivity contribution in [3.8, 4) is 0 Å². The number of halogens is 1. The lowest BCUT2D eigenvalue weighted by atomic mass is 9.95. The average Bonchev–Trinajstić information content (AvgIpc) is 2.70. The molecule has 1 aliphatic heterocycles. The smallest absolute Gasteiger partial charge is 0.308 e. The Kier molecular flexibility index (Phi) is 2.85. The normalized spacial score (nSPS) is 26.6. The van der Waals surface area contributed by atoms with Gasteiger partial charge in [-0.15, -0.1) is 0 Å². The molecule has 2 unspecified atom stereocenters. The first-order chi connectivity index (χ1) is 6.70. The van der Waals surface area contributed by atoms with Crippen molar-refractivity contribution < 1.29 is 9.90 Å². The van der Waals surface area contributed by atoms with E-state index < -0.39 is 5.97 Å². The molecule has 2 rings (SSSR count). The largest absolute Gasteiger partial charge is 0.481 e. The summed E-state index contributed by atoms with van der Waals surface area (Å²) in [5, 5.41) is 12.1. The summed E-state index contributed by atoms with van der Waals surface area (Å²) in [5.41, 5.74) is 0. The fraction of sp³-hybridized carbons (Fsp3) is 0.500. The van der Waals surface area contributed by atoms with Gasteiger partial charge in [-0.1, -0.05) is 0 Å². The lowest BCUT2D eigenvalue weighted by Gasteiger charge is -2.12. The quantitative estimate of drug-likeness (QED) is 0.855. The number of carboxylic acid groups (broad SMARTS) is 1. The fourth-order valence-corrected chi connectivity index (χ4v) is 3.24. The number of aromatic nitrogens is 1. The van der Waals surface area contributed by atoms with Crippen LogP contribution in [0.1, 0.15) is 10.8 Å². The van der Waals surface area contributed by atoms with Crippen LogP contribution in [0.25, 0.3) is 0 Å². The van der Waals surface area contributed by atoms with Crippen molar-refractivity contribution in [2.24, 2.45) is 5.92 Å². The van der Waals surface area contributed by atoms with E-state index in [1.54, 1.807) is 6.20 Å². The zero-order chi connectivity index (χ0) is 10.1. The summed E-state index contributed by atoms with van der Waals surface area (Å²) in [6.45, 7) is 1.27. The molecule has 1 fully saturated rings. The summed E-state index contributed by atoms with van der Waals surface area (Å²) in [6.07, 6.45) is 1.72. The van der Waals surface area contributed by atoms with Crippen LogP contribution in [0.5, 0.6) is 0 Å². The number of rotatable bonds is 2. The van der Waals surface area contributed by atoms with Crippen LogP contribution < -0.4 is 5.32 Å². The lowest BCUT2D eigenvalue weighted by molar-refractivity contribution is -0.141. The van der Waals surface area contributed by atoms with Crippen LogP contribution in [-0.4, -0.2) is 28.5 Å². The molecule has 0 radical (unpaired) electrons. The monoisotopic (exact) mass is 276 g/mol. The maximum atomic E-state index is 10.9. The number of hydrogen-bond donors (Lipinski definition) is 2. The molecule has 2 atom stereocenters. The Labute approximate surface area is 93.6 Å².